The van der Waals surface area contributed by atoms with Crippen LogP contribution in [0.2, 0.25) is 0 Å². The van der Waals surface area contributed by atoms with Crippen molar-refractivity contribution in [3.63, 3.8) is 0 Å². The second-order valence-corrected chi connectivity index (χ2v) is 6.21. The highest BCUT2D eigenvalue weighted by molar-refractivity contribution is 5.30. The normalized spacial score (nSPS) is 12.7. The van der Waals surface area contributed by atoms with Crippen LogP contribution in [-0.2, 0) is 6.54 Å². The van der Waals surface area contributed by atoms with E-state index in [4.69, 9.17) is 5.73 Å². The number of hydrogen-bond donors (Lipinski definition) is 1. The molecular weight excluding hydrogens is 256 g/mol. The fourth-order valence-corrected chi connectivity index (χ4v) is 2.85. The van der Waals surface area contributed by atoms with E-state index in [2.05, 4.69) is 75.2 Å². The molecule has 2 aromatic carbocycles. The SMILES string of the molecule is Cc1cccc(CN(C)CC(N)c2cc(C)cc(C)c2)c1. The highest BCUT2D eigenvalue weighted by Crippen LogP contribution is 2.17. The predicted molar refractivity (Wildman–Crippen MR) is 90.4 cm³/mol. The molecule has 1 unspecified atom stereocenters. The predicted octanol–water partition coefficient (Wildman–Crippen LogP) is 3.74. The summed E-state index contributed by atoms with van der Waals surface area (Å²) < 4.78 is 0. The summed E-state index contributed by atoms with van der Waals surface area (Å²) in [5, 5.41) is 0. The minimum atomic E-state index is 0.0541. The summed E-state index contributed by atoms with van der Waals surface area (Å²) >= 11 is 0. The number of benzene rings is 2. The Balaban J connectivity index is 2.00. The first-order chi connectivity index (χ1) is 9.94. The van der Waals surface area contributed by atoms with Crippen LogP contribution in [-0.4, -0.2) is 18.5 Å². The van der Waals surface area contributed by atoms with Crippen LogP contribution >= 0.6 is 0 Å². The van der Waals surface area contributed by atoms with Crippen LogP contribution in [0.25, 0.3) is 0 Å². The molecule has 0 radical (unpaired) electrons. The zero-order valence-corrected chi connectivity index (χ0v) is 13.6. The molecule has 0 bridgehead atoms. The molecule has 0 spiro atoms. The Morgan fingerprint density at radius 3 is 2.24 bits per heavy atom. The van der Waals surface area contributed by atoms with Gasteiger partial charge in [-0.05, 0) is 38.9 Å². The molecule has 0 heterocycles. The molecule has 2 aromatic rings. The molecule has 1 atom stereocenters. The molecule has 0 saturated heterocycles. The maximum absolute atomic E-state index is 6.38. The third-order valence-electron chi connectivity index (χ3n) is 3.72. The van der Waals surface area contributed by atoms with Crippen molar-refractivity contribution in [1.82, 2.24) is 4.90 Å². The molecule has 0 amide bonds. The zero-order valence-electron chi connectivity index (χ0n) is 13.6. The van der Waals surface area contributed by atoms with E-state index < -0.39 is 0 Å². The summed E-state index contributed by atoms with van der Waals surface area (Å²) in [6, 6.07) is 15.3. The van der Waals surface area contributed by atoms with E-state index >= 15 is 0 Å². The standard InChI is InChI=1S/C19H26N2/c1-14-6-5-7-17(9-14)12-21(4)13-19(20)18-10-15(2)8-16(3)11-18/h5-11,19H,12-13,20H2,1-4H3. The van der Waals surface area contributed by atoms with Gasteiger partial charge in [-0.2, -0.15) is 0 Å². The Kier molecular flexibility index (Phi) is 5.16. The van der Waals surface area contributed by atoms with Crippen molar-refractivity contribution in [1.29, 1.82) is 0 Å². The van der Waals surface area contributed by atoms with Gasteiger partial charge in [0.25, 0.3) is 0 Å². The van der Waals surface area contributed by atoms with Gasteiger partial charge in [0.2, 0.25) is 0 Å². The largest absolute Gasteiger partial charge is 0.323 e. The van der Waals surface area contributed by atoms with E-state index in [0.29, 0.717) is 0 Å². The summed E-state index contributed by atoms with van der Waals surface area (Å²) in [4.78, 5) is 2.29. The van der Waals surface area contributed by atoms with Gasteiger partial charge in [0.05, 0.1) is 0 Å². The minimum Gasteiger partial charge on any atom is -0.323 e. The lowest BCUT2D eigenvalue weighted by Gasteiger charge is -2.22. The van der Waals surface area contributed by atoms with Gasteiger partial charge in [-0.15, -0.1) is 0 Å². The lowest BCUT2D eigenvalue weighted by molar-refractivity contribution is 0.305. The quantitative estimate of drug-likeness (QED) is 0.905. The summed E-state index contributed by atoms with van der Waals surface area (Å²) in [7, 11) is 2.13. The molecule has 21 heavy (non-hydrogen) atoms. The summed E-state index contributed by atoms with van der Waals surface area (Å²) in [6.45, 7) is 8.17. The van der Waals surface area contributed by atoms with Gasteiger partial charge in [0, 0.05) is 19.1 Å². The van der Waals surface area contributed by atoms with Crippen LogP contribution in [0.1, 0.15) is 33.9 Å². The van der Waals surface area contributed by atoms with E-state index in [1.807, 2.05) is 0 Å². The van der Waals surface area contributed by atoms with Gasteiger partial charge in [0.1, 0.15) is 0 Å². The van der Waals surface area contributed by atoms with Gasteiger partial charge in [-0.25, -0.2) is 0 Å². The van der Waals surface area contributed by atoms with E-state index in [1.54, 1.807) is 0 Å². The van der Waals surface area contributed by atoms with Gasteiger partial charge in [0.15, 0.2) is 0 Å². The number of aryl methyl sites for hydroxylation is 3. The molecule has 0 aliphatic heterocycles. The lowest BCUT2D eigenvalue weighted by Crippen LogP contribution is -2.28. The molecular formula is C19H26N2. The average Bonchev–Trinajstić information content (AvgIpc) is 2.37. The molecule has 0 aromatic heterocycles. The topological polar surface area (TPSA) is 29.3 Å². The summed E-state index contributed by atoms with van der Waals surface area (Å²) in [6.07, 6.45) is 0. The van der Waals surface area contributed by atoms with E-state index in [0.717, 1.165) is 13.1 Å². The number of nitrogens with two attached hydrogens (primary N) is 1. The number of likely N-dealkylation sites (N-methyl/N-ethyl adjacent to an activating group) is 1. The second-order valence-electron chi connectivity index (χ2n) is 6.21. The highest BCUT2D eigenvalue weighted by Gasteiger charge is 2.10. The Hall–Kier alpha value is -1.64. The molecule has 2 rings (SSSR count). The van der Waals surface area contributed by atoms with Gasteiger partial charge in [-0.1, -0.05) is 59.2 Å². The van der Waals surface area contributed by atoms with Crippen molar-refractivity contribution < 1.29 is 0 Å². The number of hydrogen-bond acceptors (Lipinski definition) is 2. The highest BCUT2D eigenvalue weighted by atomic mass is 15.1. The Morgan fingerprint density at radius 2 is 1.62 bits per heavy atom. The van der Waals surface area contributed by atoms with Crippen molar-refractivity contribution in [3.8, 4) is 0 Å². The maximum atomic E-state index is 6.38. The molecule has 0 aliphatic carbocycles. The van der Waals surface area contributed by atoms with Crippen LogP contribution in [0.4, 0.5) is 0 Å². The van der Waals surface area contributed by atoms with Crippen LogP contribution in [0.3, 0.4) is 0 Å². The number of nitrogens with zero attached hydrogens (tertiary/aromatic N) is 1. The molecule has 0 saturated carbocycles. The van der Waals surface area contributed by atoms with Crippen molar-refractivity contribution in [2.45, 2.75) is 33.4 Å². The van der Waals surface area contributed by atoms with Crippen molar-refractivity contribution in [3.05, 3.63) is 70.3 Å². The Morgan fingerprint density at radius 1 is 0.952 bits per heavy atom. The fourth-order valence-electron chi connectivity index (χ4n) is 2.85. The molecule has 2 N–H and O–H groups in total. The van der Waals surface area contributed by atoms with Gasteiger partial charge < -0.3 is 10.6 Å². The minimum absolute atomic E-state index is 0.0541. The first kappa shape index (κ1) is 15.7. The Bertz CT molecular complexity index is 584. The van der Waals surface area contributed by atoms with Crippen LogP contribution in [0.5, 0.6) is 0 Å². The summed E-state index contributed by atoms with van der Waals surface area (Å²) in [5.74, 6) is 0. The van der Waals surface area contributed by atoms with Crippen molar-refractivity contribution in [2.75, 3.05) is 13.6 Å². The number of rotatable bonds is 5. The monoisotopic (exact) mass is 282 g/mol. The molecule has 0 aliphatic rings. The van der Waals surface area contributed by atoms with Crippen LogP contribution < -0.4 is 5.73 Å². The summed E-state index contributed by atoms with van der Waals surface area (Å²) in [5.41, 5.74) is 12.8. The average molecular weight is 282 g/mol. The third kappa shape index (κ3) is 4.69. The van der Waals surface area contributed by atoms with E-state index in [9.17, 15) is 0 Å². The zero-order chi connectivity index (χ0) is 15.4. The molecule has 112 valence electrons. The first-order valence-electron chi connectivity index (χ1n) is 7.52. The Labute approximate surface area is 128 Å². The van der Waals surface area contributed by atoms with E-state index in [-0.39, 0.29) is 6.04 Å². The third-order valence-corrected chi connectivity index (χ3v) is 3.72. The lowest BCUT2D eigenvalue weighted by atomic mass is 10.0. The van der Waals surface area contributed by atoms with Crippen LogP contribution in [0.15, 0.2) is 42.5 Å². The van der Waals surface area contributed by atoms with Crippen molar-refractivity contribution in [2.24, 2.45) is 5.73 Å². The van der Waals surface area contributed by atoms with Crippen LogP contribution in [0, 0.1) is 20.8 Å². The first-order valence-corrected chi connectivity index (χ1v) is 7.52. The van der Waals surface area contributed by atoms with Crippen molar-refractivity contribution >= 4 is 0 Å². The van der Waals surface area contributed by atoms with Gasteiger partial charge in [-0.3, -0.25) is 0 Å². The molecule has 0 fully saturated rings. The van der Waals surface area contributed by atoms with Gasteiger partial charge >= 0.3 is 0 Å². The smallest absolute Gasteiger partial charge is 0.0424 e. The molecule has 2 heteroatoms. The van der Waals surface area contributed by atoms with E-state index in [1.165, 1.54) is 27.8 Å². The molecule has 2 nitrogen and oxygen atoms in total. The second kappa shape index (κ2) is 6.88. The maximum Gasteiger partial charge on any atom is 0.0424 e. The fraction of sp³-hybridized carbons (Fsp3) is 0.368.